The van der Waals surface area contributed by atoms with E-state index in [1.165, 1.54) is 6.92 Å². The highest BCUT2D eigenvalue weighted by molar-refractivity contribution is 6.04. The molecule has 0 bridgehead atoms. The van der Waals surface area contributed by atoms with Gasteiger partial charge in [0.25, 0.3) is 0 Å². The molecule has 0 unspecified atom stereocenters. The second-order valence-corrected chi connectivity index (χ2v) is 7.41. The predicted octanol–water partition coefficient (Wildman–Crippen LogP) is 1.93. The van der Waals surface area contributed by atoms with Crippen LogP contribution in [0.1, 0.15) is 43.0 Å². The van der Waals surface area contributed by atoms with Crippen LogP contribution < -0.4 is 5.32 Å². The molecule has 3 rings (SSSR count). The van der Waals surface area contributed by atoms with Gasteiger partial charge in [0.2, 0.25) is 11.8 Å². The number of Topliss-reactive ketones (excluding diaryl/α,β-unsaturated/α-hetero) is 1. The number of hydrogen-bond acceptors (Lipinski definition) is 5. The number of anilines is 1. The molecule has 28 heavy (non-hydrogen) atoms. The summed E-state index contributed by atoms with van der Waals surface area (Å²) in [4.78, 5) is 40.7. The maximum absolute atomic E-state index is 12.5. The number of amides is 2. The van der Waals surface area contributed by atoms with Crippen molar-refractivity contribution in [2.75, 3.05) is 44.7 Å². The van der Waals surface area contributed by atoms with Gasteiger partial charge >= 0.3 is 0 Å². The number of rotatable bonds is 6. The summed E-state index contributed by atoms with van der Waals surface area (Å²) in [7, 11) is 0. The monoisotopic (exact) mass is 387 g/mol. The summed E-state index contributed by atoms with van der Waals surface area (Å²) < 4.78 is 5.40. The highest BCUT2D eigenvalue weighted by atomic mass is 16.5. The summed E-state index contributed by atoms with van der Waals surface area (Å²) in [6.07, 6.45) is 2.26. The molecule has 2 aliphatic heterocycles. The Kier molecular flexibility index (Phi) is 7.17. The van der Waals surface area contributed by atoms with E-state index in [9.17, 15) is 14.4 Å². The predicted molar refractivity (Wildman–Crippen MR) is 106 cm³/mol. The zero-order valence-corrected chi connectivity index (χ0v) is 16.5. The van der Waals surface area contributed by atoms with Gasteiger partial charge in [-0.3, -0.25) is 19.3 Å². The first-order valence-electron chi connectivity index (χ1n) is 10.0. The number of ketones is 1. The molecule has 2 heterocycles. The number of piperidine rings is 1. The fraction of sp³-hybridized carbons (Fsp3) is 0.571. The first kappa shape index (κ1) is 20.5. The van der Waals surface area contributed by atoms with Gasteiger partial charge in [0.1, 0.15) is 0 Å². The molecule has 1 aromatic carbocycles. The van der Waals surface area contributed by atoms with Crippen LogP contribution in [0.2, 0.25) is 0 Å². The second kappa shape index (κ2) is 9.80. The molecular formula is C21H29N3O4. The number of carbonyl (C=O) groups excluding carboxylic acids is 3. The zero-order valence-electron chi connectivity index (χ0n) is 16.5. The Morgan fingerprint density at radius 3 is 2.39 bits per heavy atom. The molecule has 0 radical (unpaired) electrons. The van der Waals surface area contributed by atoms with Crippen molar-refractivity contribution in [2.24, 2.45) is 0 Å². The zero-order chi connectivity index (χ0) is 19.9. The van der Waals surface area contributed by atoms with E-state index < -0.39 is 0 Å². The topological polar surface area (TPSA) is 79.0 Å². The van der Waals surface area contributed by atoms with Gasteiger partial charge in [-0.15, -0.1) is 0 Å². The van der Waals surface area contributed by atoms with Crippen molar-refractivity contribution in [3.05, 3.63) is 29.8 Å². The van der Waals surface area contributed by atoms with Gasteiger partial charge in [-0.25, -0.2) is 0 Å². The van der Waals surface area contributed by atoms with Crippen molar-refractivity contribution in [1.29, 1.82) is 0 Å². The van der Waals surface area contributed by atoms with E-state index in [4.69, 9.17) is 4.74 Å². The van der Waals surface area contributed by atoms with Gasteiger partial charge in [0.15, 0.2) is 5.78 Å². The quantitative estimate of drug-likeness (QED) is 0.755. The van der Waals surface area contributed by atoms with Gasteiger partial charge in [-0.1, -0.05) is 12.1 Å². The summed E-state index contributed by atoms with van der Waals surface area (Å²) in [5.74, 6) is -0.323. The lowest BCUT2D eigenvalue weighted by Gasteiger charge is -2.40. The van der Waals surface area contributed by atoms with E-state index in [0.717, 1.165) is 52.2 Å². The van der Waals surface area contributed by atoms with Crippen LogP contribution in [0.25, 0.3) is 0 Å². The molecule has 1 N–H and O–H groups in total. The number of carbonyl (C=O) groups is 3. The Bertz CT molecular complexity index is 707. The van der Waals surface area contributed by atoms with E-state index in [1.54, 1.807) is 24.3 Å². The van der Waals surface area contributed by atoms with Crippen LogP contribution in [0.4, 0.5) is 5.69 Å². The third-order valence-electron chi connectivity index (χ3n) is 5.53. The van der Waals surface area contributed by atoms with Crippen LogP contribution in [-0.4, -0.2) is 72.8 Å². The average molecular weight is 387 g/mol. The maximum atomic E-state index is 12.5. The summed E-state index contributed by atoms with van der Waals surface area (Å²) >= 11 is 0. The van der Waals surface area contributed by atoms with Crippen LogP contribution in [0.3, 0.4) is 0 Å². The number of likely N-dealkylation sites (tertiary alicyclic amines) is 1. The molecule has 0 saturated carbocycles. The highest BCUT2D eigenvalue weighted by Gasteiger charge is 2.27. The van der Waals surface area contributed by atoms with E-state index in [-0.39, 0.29) is 30.4 Å². The molecule has 2 aliphatic rings. The Balaban J connectivity index is 1.42. The second-order valence-electron chi connectivity index (χ2n) is 7.41. The van der Waals surface area contributed by atoms with E-state index in [2.05, 4.69) is 10.2 Å². The number of nitrogens with zero attached hydrogens (tertiary/aromatic N) is 2. The molecule has 0 atom stereocenters. The smallest absolute Gasteiger partial charge is 0.224 e. The van der Waals surface area contributed by atoms with Gasteiger partial charge in [0, 0.05) is 50.6 Å². The number of nitrogens with one attached hydrogen (secondary N) is 1. The van der Waals surface area contributed by atoms with Crippen molar-refractivity contribution in [1.82, 2.24) is 9.80 Å². The lowest BCUT2D eigenvalue weighted by Crippen LogP contribution is -2.50. The minimum Gasteiger partial charge on any atom is -0.379 e. The molecule has 2 fully saturated rings. The standard InChI is InChI=1S/C21H29N3O4/c1-16(25)18-4-2-3-5-19(18)22-20(26)6-7-21(27)24-10-8-17(9-11-24)23-12-14-28-15-13-23/h2-5,17H,6-15H2,1H3,(H,22,26). The van der Waals surface area contributed by atoms with Gasteiger partial charge in [0.05, 0.1) is 18.9 Å². The number of para-hydroxylation sites is 1. The fourth-order valence-corrected chi connectivity index (χ4v) is 3.91. The van der Waals surface area contributed by atoms with Crippen molar-refractivity contribution >= 4 is 23.3 Å². The number of morpholine rings is 1. The maximum Gasteiger partial charge on any atom is 0.224 e. The third-order valence-corrected chi connectivity index (χ3v) is 5.53. The molecule has 152 valence electrons. The molecule has 1 aromatic rings. The van der Waals surface area contributed by atoms with E-state index >= 15 is 0 Å². The normalized spacial score (nSPS) is 18.7. The molecular weight excluding hydrogens is 358 g/mol. The van der Waals surface area contributed by atoms with Crippen LogP contribution in [0, 0.1) is 0 Å². The Hall–Kier alpha value is -2.25. The summed E-state index contributed by atoms with van der Waals surface area (Å²) in [6.45, 7) is 6.49. The van der Waals surface area contributed by atoms with Crippen LogP contribution in [0.5, 0.6) is 0 Å². The van der Waals surface area contributed by atoms with Crippen LogP contribution in [0.15, 0.2) is 24.3 Å². The minimum absolute atomic E-state index is 0.0235. The molecule has 7 heteroatoms. The van der Waals surface area contributed by atoms with Crippen molar-refractivity contribution in [3.8, 4) is 0 Å². The number of benzene rings is 1. The number of hydrogen-bond donors (Lipinski definition) is 1. The van der Waals surface area contributed by atoms with E-state index in [1.807, 2.05) is 4.90 Å². The Labute approximate surface area is 166 Å². The van der Waals surface area contributed by atoms with Crippen molar-refractivity contribution in [3.63, 3.8) is 0 Å². The third kappa shape index (κ3) is 5.39. The first-order chi connectivity index (χ1) is 13.5. The van der Waals surface area contributed by atoms with Crippen molar-refractivity contribution in [2.45, 2.75) is 38.6 Å². The summed E-state index contributed by atoms with van der Waals surface area (Å²) in [5.41, 5.74) is 0.978. The Morgan fingerprint density at radius 2 is 1.71 bits per heavy atom. The lowest BCUT2D eigenvalue weighted by molar-refractivity contribution is -0.134. The SMILES string of the molecule is CC(=O)c1ccccc1NC(=O)CCC(=O)N1CCC(N2CCOCC2)CC1. The summed E-state index contributed by atoms with van der Waals surface area (Å²) in [5, 5.41) is 2.75. The number of ether oxygens (including phenoxy) is 1. The van der Waals surface area contributed by atoms with Gasteiger partial charge in [-0.2, -0.15) is 0 Å². The van der Waals surface area contributed by atoms with Crippen LogP contribution >= 0.6 is 0 Å². The Morgan fingerprint density at radius 1 is 1.04 bits per heavy atom. The van der Waals surface area contributed by atoms with Gasteiger partial charge < -0.3 is 15.0 Å². The summed E-state index contributed by atoms with van der Waals surface area (Å²) in [6, 6.07) is 7.44. The van der Waals surface area contributed by atoms with E-state index in [0.29, 0.717) is 17.3 Å². The lowest BCUT2D eigenvalue weighted by atomic mass is 10.0. The molecule has 0 spiro atoms. The fourth-order valence-electron chi connectivity index (χ4n) is 3.91. The van der Waals surface area contributed by atoms with Gasteiger partial charge in [-0.05, 0) is 31.9 Å². The molecule has 2 saturated heterocycles. The first-order valence-corrected chi connectivity index (χ1v) is 10.0. The highest BCUT2D eigenvalue weighted by Crippen LogP contribution is 2.19. The van der Waals surface area contributed by atoms with Crippen molar-refractivity contribution < 1.29 is 19.1 Å². The molecule has 2 amide bonds. The minimum atomic E-state index is -0.245. The van der Waals surface area contributed by atoms with Crippen LogP contribution in [-0.2, 0) is 14.3 Å². The molecule has 0 aliphatic carbocycles. The average Bonchev–Trinajstić information content (AvgIpc) is 2.73. The largest absolute Gasteiger partial charge is 0.379 e. The molecule has 0 aromatic heterocycles. The molecule has 7 nitrogen and oxygen atoms in total.